The maximum absolute atomic E-state index is 14.9. The molecule has 6 N–H and O–H groups in total. The highest BCUT2D eigenvalue weighted by molar-refractivity contribution is 6.31. The van der Waals surface area contributed by atoms with Crippen molar-refractivity contribution < 1.29 is 29.3 Å². The molecule has 2 aromatic carbocycles. The van der Waals surface area contributed by atoms with Crippen LogP contribution in [0.15, 0.2) is 36.4 Å². The molecule has 8 nitrogen and oxygen atoms in total. The lowest BCUT2D eigenvalue weighted by atomic mass is 9.62. The number of fused-ring (bicyclic) bond motifs is 2. The number of benzene rings is 2. The van der Waals surface area contributed by atoms with Crippen molar-refractivity contribution in [2.75, 3.05) is 18.5 Å². The number of carbonyl (C=O) groups is 2. The summed E-state index contributed by atoms with van der Waals surface area (Å²) >= 11 is 12.4. The summed E-state index contributed by atoms with van der Waals surface area (Å²) in [6.45, 7) is 5.02. The van der Waals surface area contributed by atoms with Gasteiger partial charge in [0.15, 0.2) is 0 Å². The molecule has 2 aliphatic heterocycles. The Labute approximate surface area is 230 Å². The first kappa shape index (κ1) is 28.7. The molecule has 2 aliphatic rings. The van der Waals surface area contributed by atoms with Crippen LogP contribution < -0.4 is 16.0 Å². The van der Waals surface area contributed by atoms with Crippen LogP contribution in [0.2, 0.25) is 10.0 Å². The van der Waals surface area contributed by atoms with E-state index in [0.717, 1.165) is 0 Å². The molecule has 11 heteroatoms. The van der Waals surface area contributed by atoms with E-state index in [0.29, 0.717) is 28.3 Å². The van der Waals surface area contributed by atoms with E-state index >= 15 is 0 Å². The quantitative estimate of drug-likeness (QED) is 0.305. The van der Waals surface area contributed by atoms with Gasteiger partial charge in [-0.1, -0.05) is 56.1 Å². The lowest BCUT2D eigenvalue weighted by Crippen LogP contribution is -2.49. The van der Waals surface area contributed by atoms with E-state index in [1.165, 1.54) is 12.1 Å². The summed E-state index contributed by atoms with van der Waals surface area (Å²) in [5, 5.41) is 38.0. The SMILES string of the molecule is CC(C)(C)C[C@H]1N[C@@H](C(=O)NC[C@H](O)[C@H](O)CO)[C@H](c2cccc(Cl)c2)[C@@]12C(=O)Nc1cc(Cl)c(F)cc12. The molecule has 0 unspecified atom stereocenters. The van der Waals surface area contributed by atoms with Crippen molar-refractivity contribution in [3.63, 3.8) is 0 Å². The maximum Gasteiger partial charge on any atom is 0.237 e. The molecule has 6 atom stereocenters. The highest BCUT2D eigenvalue weighted by Crippen LogP contribution is 2.57. The molecule has 4 rings (SSSR count). The molecule has 2 heterocycles. The second-order valence-electron chi connectivity index (χ2n) is 11.2. The van der Waals surface area contributed by atoms with Crippen LogP contribution in [-0.2, 0) is 15.0 Å². The van der Waals surface area contributed by atoms with Crippen LogP contribution in [0.1, 0.15) is 44.2 Å². The molecule has 0 saturated carbocycles. The number of amides is 2. The van der Waals surface area contributed by atoms with E-state index in [4.69, 9.17) is 28.3 Å². The lowest BCUT2D eigenvalue weighted by Gasteiger charge is -2.37. The summed E-state index contributed by atoms with van der Waals surface area (Å²) in [6.07, 6.45) is -2.38. The van der Waals surface area contributed by atoms with Gasteiger partial charge in [0.25, 0.3) is 0 Å². The number of carbonyl (C=O) groups excluding carboxylic acids is 2. The molecule has 38 heavy (non-hydrogen) atoms. The molecule has 0 aromatic heterocycles. The smallest absolute Gasteiger partial charge is 0.237 e. The van der Waals surface area contributed by atoms with Gasteiger partial charge in [-0.05, 0) is 47.2 Å². The van der Waals surface area contributed by atoms with E-state index in [-0.39, 0.29) is 17.0 Å². The molecule has 2 amide bonds. The molecule has 0 aliphatic carbocycles. The van der Waals surface area contributed by atoms with E-state index < -0.39 is 59.9 Å². The van der Waals surface area contributed by atoms with Crippen LogP contribution in [0.25, 0.3) is 0 Å². The van der Waals surface area contributed by atoms with Gasteiger partial charge in [-0.2, -0.15) is 0 Å². The molecule has 0 bridgehead atoms. The zero-order valence-corrected chi connectivity index (χ0v) is 22.8. The molecular formula is C27H32Cl2FN3O5. The Morgan fingerprint density at radius 3 is 2.53 bits per heavy atom. The van der Waals surface area contributed by atoms with Crippen LogP contribution in [0.5, 0.6) is 0 Å². The Hall–Kier alpha value is -2.27. The second kappa shape index (κ2) is 10.7. The van der Waals surface area contributed by atoms with Gasteiger partial charge in [-0.15, -0.1) is 0 Å². The van der Waals surface area contributed by atoms with Crippen LogP contribution in [0.3, 0.4) is 0 Å². The third kappa shape index (κ3) is 5.15. The summed E-state index contributed by atoms with van der Waals surface area (Å²) < 4.78 is 14.9. The minimum absolute atomic E-state index is 0.135. The fourth-order valence-electron chi connectivity index (χ4n) is 5.71. The zero-order chi connectivity index (χ0) is 28.0. The van der Waals surface area contributed by atoms with Gasteiger partial charge >= 0.3 is 0 Å². The third-order valence-electron chi connectivity index (χ3n) is 7.31. The molecule has 1 spiro atoms. The van der Waals surface area contributed by atoms with E-state index in [2.05, 4.69) is 16.0 Å². The van der Waals surface area contributed by atoms with Crippen molar-refractivity contribution in [2.45, 2.75) is 62.8 Å². The van der Waals surface area contributed by atoms with Crippen molar-refractivity contribution >= 4 is 40.7 Å². The predicted octanol–water partition coefficient (Wildman–Crippen LogP) is 2.71. The van der Waals surface area contributed by atoms with E-state index in [1.54, 1.807) is 24.3 Å². The average Bonchev–Trinajstić information content (AvgIpc) is 3.31. The summed E-state index contributed by atoms with van der Waals surface area (Å²) in [7, 11) is 0. The predicted molar refractivity (Wildman–Crippen MR) is 143 cm³/mol. The maximum atomic E-state index is 14.9. The highest BCUT2D eigenvalue weighted by atomic mass is 35.5. The first-order chi connectivity index (χ1) is 17.8. The molecule has 2 aromatic rings. The Kier molecular flexibility index (Phi) is 8.10. The van der Waals surface area contributed by atoms with Crippen molar-refractivity contribution in [1.82, 2.24) is 10.6 Å². The molecule has 206 valence electrons. The van der Waals surface area contributed by atoms with Crippen molar-refractivity contribution in [1.29, 1.82) is 0 Å². The van der Waals surface area contributed by atoms with Gasteiger partial charge < -0.3 is 31.3 Å². The minimum Gasteiger partial charge on any atom is -0.394 e. The third-order valence-corrected chi connectivity index (χ3v) is 7.83. The number of aliphatic hydroxyl groups is 3. The molecule has 0 radical (unpaired) electrons. The summed E-state index contributed by atoms with van der Waals surface area (Å²) in [4.78, 5) is 27.7. The number of aliphatic hydroxyl groups excluding tert-OH is 3. The molecular weight excluding hydrogens is 536 g/mol. The van der Waals surface area contributed by atoms with E-state index in [1.807, 2.05) is 20.8 Å². The number of nitrogens with one attached hydrogen (secondary N) is 3. The Morgan fingerprint density at radius 1 is 1.18 bits per heavy atom. The average molecular weight is 568 g/mol. The Morgan fingerprint density at radius 2 is 1.89 bits per heavy atom. The van der Waals surface area contributed by atoms with Gasteiger partial charge in [0.1, 0.15) is 17.3 Å². The monoisotopic (exact) mass is 567 g/mol. The number of hydrogen-bond donors (Lipinski definition) is 6. The summed E-state index contributed by atoms with van der Waals surface area (Å²) in [6, 6.07) is 7.88. The van der Waals surface area contributed by atoms with Crippen LogP contribution in [0, 0.1) is 11.2 Å². The fourth-order valence-corrected chi connectivity index (χ4v) is 6.07. The summed E-state index contributed by atoms with van der Waals surface area (Å²) in [5.74, 6) is -2.44. The first-order valence-corrected chi connectivity index (χ1v) is 13.1. The van der Waals surface area contributed by atoms with Gasteiger partial charge in [0.2, 0.25) is 11.8 Å². The zero-order valence-electron chi connectivity index (χ0n) is 21.3. The first-order valence-electron chi connectivity index (χ1n) is 12.4. The van der Waals surface area contributed by atoms with Gasteiger partial charge in [0, 0.05) is 29.2 Å². The van der Waals surface area contributed by atoms with Crippen molar-refractivity contribution in [2.24, 2.45) is 5.41 Å². The van der Waals surface area contributed by atoms with Crippen LogP contribution >= 0.6 is 23.2 Å². The highest BCUT2D eigenvalue weighted by Gasteiger charge is 2.65. The van der Waals surface area contributed by atoms with Gasteiger partial charge in [-0.25, -0.2) is 4.39 Å². The van der Waals surface area contributed by atoms with Crippen LogP contribution in [-0.4, -0.2) is 64.6 Å². The molecule has 1 fully saturated rings. The Bertz CT molecular complexity index is 1240. The lowest BCUT2D eigenvalue weighted by molar-refractivity contribution is -0.124. The molecule has 1 saturated heterocycles. The fraction of sp³-hybridized carbons (Fsp3) is 0.481. The standard InChI is InChI=1S/C27H32Cl2FN3O5/c1-26(2,3)10-21-27(15-8-17(30)16(29)9-18(15)32-25(27)38)22(13-5-4-6-14(28)7-13)23(33-21)24(37)31-11-19(35)20(36)12-34/h4-9,19-23,33-36H,10-12H2,1-3H3,(H,31,37)(H,32,38)/t19-,20+,21+,22-,23+,27-/m0/s1. The number of anilines is 1. The minimum atomic E-state index is -1.43. The van der Waals surface area contributed by atoms with E-state index in [9.17, 15) is 24.2 Å². The number of rotatable bonds is 7. The topological polar surface area (TPSA) is 131 Å². The van der Waals surface area contributed by atoms with Gasteiger partial charge in [-0.3, -0.25) is 9.59 Å². The normalized spacial score (nSPS) is 26.2. The second-order valence-corrected chi connectivity index (χ2v) is 12.0. The summed E-state index contributed by atoms with van der Waals surface area (Å²) in [5.41, 5.74) is -0.330. The largest absolute Gasteiger partial charge is 0.394 e. The van der Waals surface area contributed by atoms with Gasteiger partial charge in [0.05, 0.1) is 23.8 Å². The number of hydrogen-bond acceptors (Lipinski definition) is 6. The van der Waals surface area contributed by atoms with Crippen molar-refractivity contribution in [3.05, 3.63) is 63.4 Å². The number of halogens is 3. The van der Waals surface area contributed by atoms with Crippen molar-refractivity contribution in [3.8, 4) is 0 Å². The Balaban J connectivity index is 1.89. The van der Waals surface area contributed by atoms with Crippen LogP contribution in [0.4, 0.5) is 10.1 Å².